The van der Waals surface area contributed by atoms with Crippen LogP contribution in [0.1, 0.15) is 34.0 Å². The van der Waals surface area contributed by atoms with Crippen molar-refractivity contribution in [1.82, 2.24) is 10.6 Å². The largest absolute Gasteiger partial charge is 0.496 e. The number of piperazine rings is 1. The van der Waals surface area contributed by atoms with Gasteiger partial charge in [0.1, 0.15) is 23.7 Å². The fraction of sp³-hybridized carbons (Fsp3) is 0.320. The topological polar surface area (TPSA) is 79.8 Å². The van der Waals surface area contributed by atoms with Gasteiger partial charge in [-0.05, 0) is 30.5 Å². The quantitative estimate of drug-likeness (QED) is 0.423. The number of benzene rings is 2. The number of rotatable bonds is 9. The van der Waals surface area contributed by atoms with Crippen LogP contribution in [0.25, 0.3) is 12.2 Å². The Bertz CT molecular complexity index is 932. The van der Waals surface area contributed by atoms with Gasteiger partial charge in [0, 0.05) is 25.2 Å². The molecule has 1 aliphatic rings. The van der Waals surface area contributed by atoms with Crippen LogP contribution in [0.15, 0.2) is 48.6 Å². The summed E-state index contributed by atoms with van der Waals surface area (Å²) in [6, 6.07) is 11.6. The minimum Gasteiger partial charge on any atom is -0.496 e. The first-order chi connectivity index (χ1) is 15.1. The molecule has 6 nitrogen and oxygen atoms in total. The zero-order chi connectivity index (χ0) is 22.1. The predicted molar refractivity (Wildman–Crippen MR) is 124 cm³/mol. The molecule has 164 valence electrons. The highest BCUT2D eigenvalue weighted by Crippen LogP contribution is 2.37. The highest BCUT2D eigenvalue weighted by molar-refractivity contribution is 5.97. The Morgan fingerprint density at radius 3 is 2.68 bits per heavy atom. The molecule has 3 rings (SSSR count). The van der Waals surface area contributed by atoms with Gasteiger partial charge < -0.3 is 25.2 Å². The smallest absolute Gasteiger partial charge is 0.340 e. The van der Waals surface area contributed by atoms with E-state index in [0.29, 0.717) is 30.1 Å². The molecular formula is C25H30N2O4. The maximum atomic E-state index is 12.3. The van der Waals surface area contributed by atoms with Crippen molar-refractivity contribution in [2.24, 2.45) is 0 Å². The first-order valence-corrected chi connectivity index (χ1v) is 10.5. The number of methoxy groups -OCH3 is 1. The van der Waals surface area contributed by atoms with Gasteiger partial charge in [-0.15, -0.1) is 0 Å². The Kier molecular flexibility index (Phi) is 8.27. The fourth-order valence-electron chi connectivity index (χ4n) is 3.58. The lowest BCUT2D eigenvalue weighted by molar-refractivity contribution is 0.0691. The monoisotopic (exact) mass is 422 g/mol. The van der Waals surface area contributed by atoms with Crippen molar-refractivity contribution in [3.05, 3.63) is 70.8 Å². The summed E-state index contributed by atoms with van der Waals surface area (Å²) in [6.07, 6.45) is 8.11. The molecule has 1 fully saturated rings. The maximum Gasteiger partial charge on any atom is 0.340 e. The van der Waals surface area contributed by atoms with Gasteiger partial charge in [0.25, 0.3) is 0 Å². The van der Waals surface area contributed by atoms with Gasteiger partial charge in [-0.1, -0.05) is 54.6 Å². The van der Waals surface area contributed by atoms with E-state index >= 15 is 0 Å². The van der Waals surface area contributed by atoms with Crippen molar-refractivity contribution in [1.29, 1.82) is 0 Å². The first kappa shape index (κ1) is 22.6. The third-order valence-corrected chi connectivity index (χ3v) is 5.17. The van der Waals surface area contributed by atoms with Crippen LogP contribution in [0.5, 0.6) is 11.5 Å². The molecule has 0 amide bonds. The second-order valence-electron chi connectivity index (χ2n) is 7.34. The summed E-state index contributed by atoms with van der Waals surface area (Å²) in [4.78, 5) is 12.3. The van der Waals surface area contributed by atoms with Gasteiger partial charge in [-0.2, -0.15) is 0 Å². The molecule has 0 spiro atoms. The summed E-state index contributed by atoms with van der Waals surface area (Å²) in [6.45, 7) is 4.84. The molecule has 1 aliphatic heterocycles. The zero-order valence-electron chi connectivity index (χ0n) is 18.1. The van der Waals surface area contributed by atoms with Gasteiger partial charge in [-0.3, -0.25) is 0 Å². The Morgan fingerprint density at radius 2 is 2.03 bits per heavy atom. The van der Waals surface area contributed by atoms with Crippen molar-refractivity contribution >= 4 is 18.1 Å². The SMILES string of the molecule is CC=CCc1c(OC)cc(C=Cc2ccccc2)c(C(=O)O)c1OCC1CNCCN1. The maximum absolute atomic E-state index is 12.3. The summed E-state index contributed by atoms with van der Waals surface area (Å²) in [5, 5.41) is 16.8. The minimum atomic E-state index is -1.03. The Morgan fingerprint density at radius 1 is 1.23 bits per heavy atom. The van der Waals surface area contributed by atoms with E-state index in [1.54, 1.807) is 19.3 Å². The number of hydrogen-bond donors (Lipinski definition) is 3. The highest BCUT2D eigenvalue weighted by Gasteiger charge is 2.24. The van der Waals surface area contributed by atoms with Crippen LogP contribution in [-0.4, -0.2) is 50.5 Å². The van der Waals surface area contributed by atoms with Crippen LogP contribution >= 0.6 is 0 Å². The predicted octanol–water partition coefficient (Wildman–Crippen LogP) is 3.62. The van der Waals surface area contributed by atoms with Crippen molar-refractivity contribution in [2.45, 2.75) is 19.4 Å². The lowest BCUT2D eigenvalue weighted by atomic mass is 9.97. The highest BCUT2D eigenvalue weighted by atomic mass is 16.5. The van der Waals surface area contributed by atoms with Crippen LogP contribution in [0.3, 0.4) is 0 Å². The lowest BCUT2D eigenvalue weighted by Gasteiger charge is -2.26. The zero-order valence-corrected chi connectivity index (χ0v) is 18.1. The number of nitrogens with one attached hydrogen (secondary N) is 2. The van der Waals surface area contributed by atoms with Gasteiger partial charge in [-0.25, -0.2) is 4.79 Å². The molecule has 2 aromatic rings. The van der Waals surface area contributed by atoms with Gasteiger partial charge in [0.05, 0.1) is 13.2 Å². The first-order valence-electron chi connectivity index (χ1n) is 10.5. The van der Waals surface area contributed by atoms with Crippen LogP contribution in [-0.2, 0) is 6.42 Å². The van der Waals surface area contributed by atoms with Gasteiger partial charge in [0.2, 0.25) is 0 Å². The molecule has 2 aromatic carbocycles. The molecule has 1 heterocycles. The second-order valence-corrected chi connectivity index (χ2v) is 7.34. The summed E-state index contributed by atoms with van der Waals surface area (Å²) in [5.41, 5.74) is 2.41. The summed E-state index contributed by atoms with van der Waals surface area (Å²) in [7, 11) is 1.59. The molecule has 31 heavy (non-hydrogen) atoms. The van der Waals surface area contributed by atoms with Crippen LogP contribution in [0, 0.1) is 0 Å². The number of ether oxygens (including phenoxy) is 2. The fourth-order valence-corrected chi connectivity index (χ4v) is 3.58. The number of allylic oxidation sites excluding steroid dienone is 2. The van der Waals surface area contributed by atoms with Crippen LogP contribution < -0.4 is 20.1 Å². The van der Waals surface area contributed by atoms with Crippen molar-refractivity contribution in [3.8, 4) is 11.5 Å². The van der Waals surface area contributed by atoms with Crippen LogP contribution in [0.2, 0.25) is 0 Å². The van der Waals surface area contributed by atoms with Gasteiger partial charge >= 0.3 is 5.97 Å². The van der Waals surface area contributed by atoms with Crippen molar-refractivity contribution in [2.75, 3.05) is 33.4 Å². The Balaban J connectivity index is 2.05. The van der Waals surface area contributed by atoms with E-state index in [-0.39, 0.29) is 11.6 Å². The van der Waals surface area contributed by atoms with E-state index in [1.807, 2.05) is 55.5 Å². The normalized spacial score (nSPS) is 16.6. The molecule has 1 saturated heterocycles. The molecule has 3 N–H and O–H groups in total. The van der Waals surface area contributed by atoms with E-state index in [4.69, 9.17) is 9.47 Å². The standard InChI is InChI=1S/C25H30N2O4/c1-3-4-10-21-22(30-2)15-19(12-11-18-8-6-5-7-9-18)23(25(28)29)24(21)31-17-20-16-26-13-14-27-20/h3-9,11-12,15,20,26-27H,10,13-14,16-17H2,1-2H3,(H,28,29). The second kappa shape index (κ2) is 11.3. The lowest BCUT2D eigenvalue weighted by Crippen LogP contribution is -2.51. The van der Waals surface area contributed by atoms with E-state index in [1.165, 1.54) is 0 Å². The van der Waals surface area contributed by atoms with Crippen LogP contribution in [0.4, 0.5) is 0 Å². The number of carbonyl (C=O) groups is 1. The minimum absolute atomic E-state index is 0.111. The third-order valence-electron chi connectivity index (χ3n) is 5.17. The molecule has 0 aromatic heterocycles. The average Bonchev–Trinajstić information content (AvgIpc) is 2.80. The summed E-state index contributed by atoms with van der Waals surface area (Å²) < 4.78 is 11.8. The van der Waals surface area contributed by atoms with E-state index in [2.05, 4.69) is 10.6 Å². The number of carboxylic acid groups (broad SMARTS) is 1. The van der Waals surface area contributed by atoms with E-state index < -0.39 is 5.97 Å². The molecular weight excluding hydrogens is 392 g/mol. The van der Waals surface area contributed by atoms with Crippen molar-refractivity contribution < 1.29 is 19.4 Å². The third kappa shape index (κ3) is 5.96. The van der Waals surface area contributed by atoms with E-state index in [0.717, 1.165) is 30.8 Å². The molecule has 1 unspecified atom stereocenters. The molecule has 0 bridgehead atoms. The number of aromatic carboxylic acids is 1. The van der Waals surface area contributed by atoms with Gasteiger partial charge in [0.15, 0.2) is 0 Å². The number of hydrogen-bond acceptors (Lipinski definition) is 5. The molecule has 0 aliphatic carbocycles. The molecule has 0 saturated carbocycles. The number of carboxylic acids is 1. The molecule has 6 heteroatoms. The average molecular weight is 423 g/mol. The summed E-state index contributed by atoms with van der Waals surface area (Å²) >= 11 is 0. The molecule has 1 atom stereocenters. The molecule has 0 radical (unpaired) electrons. The summed E-state index contributed by atoms with van der Waals surface area (Å²) in [5.74, 6) is -0.0487. The van der Waals surface area contributed by atoms with Crippen molar-refractivity contribution in [3.63, 3.8) is 0 Å². The Labute approximate surface area is 183 Å². The van der Waals surface area contributed by atoms with E-state index in [9.17, 15) is 9.90 Å². The Hall–Kier alpha value is -3.09.